The van der Waals surface area contributed by atoms with Crippen LogP contribution in [0.5, 0.6) is 0 Å². The molecule has 3 heteroatoms. The lowest BCUT2D eigenvalue weighted by Gasteiger charge is -2.33. The number of unbranched alkanes of at least 4 members (excludes halogenated alkanes) is 2. The molecular weight excluding hydrogens is 216 g/mol. The van der Waals surface area contributed by atoms with Gasteiger partial charge in [-0.3, -0.25) is 9.59 Å². The van der Waals surface area contributed by atoms with Crippen LogP contribution < -0.4 is 0 Å². The molecule has 1 aliphatic rings. The van der Waals surface area contributed by atoms with Crippen LogP contribution in [0, 0.1) is 5.41 Å². The van der Waals surface area contributed by atoms with E-state index in [0.717, 1.165) is 32.1 Å². The summed E-state index contributed by atoms with van der Waals surface area (Å²) in [6.45, 7) is 4.28. The van der Waals surface area contributed by atoms with Crippen LogP contribution >= 0.6 is 0 Å². The van der Waals surface area contributed by atoms with Gasteiger partial charge in [-0.15, -0.1) is 0 Å². The molecule has 0 aliphatic heterocycles. The Balaban J connectivity index is 2.74. The molecule has 0 aromatic heterocycles. The molecule has 0 amide bonds. The van der Waals surface area contributed by atoms with Gasteiger partial charge in [0.2, 0.25) is 0 Å². The second-order valence-electron chi connectivity index (χ2n) is 4.89. The number of carbonyl (C=O) groups is 2. The minimum Gasteiger partial charge on any atom is -0.465 e. The quantitative estimate of drug-likeness (QED) is 0.406. The van der Waals surface area contributed by atoms with E-state index in [4.69, 9.17) is 4.74 Å². The van der Waals surface area contributed by atoms with E-state index < -0.39 is 5.41 Å². The van der Waals surface area contributed by atoms with Crippen molar-refractivity contribution >= 4 is 11.8 Å². The first-order valence-corrected chi connectivity index (χ1v) is 6.88. The van der Waals surface area contributed by atoms with E-state index >= 15 is 0 Å². The van der Waals surface area contributed by atoms with Gasteiger partial charge in [-0.1, -0.05) is 32.6 Å². The highest BCUT2D eigenvalue weighted by atomic mass is 16.5. The molecule has 1 fully saturated rings. The fourth-order valence-corrected chi connectivity index (χ4v) is 2.62. The zero-order valence-electron chi connectivity index (χ0n) is 11.1. The lowest BCUT2D eigenvalue weighted by molar-refractivity contribution is -0.163. The van der Waals surface area contributed by atoms with Gasteiger partial charge in [-0.2, -0.15) is 0 Å². The highest BCUT2D eigenvalue weighted by Gasteiger charge is 2.47. The minimum atomic E-state index is -0.802. The molecule has 0 saturated heterocycles. The van der Waals surface area contributed by atoms with Gasteiger partial charge >= 0.3 is 5.97 Å². The molecule has 3 nitrogen and oxygen atoms in total. The summed E-state index contributed by atoms with van der Waals surface area (Å²) in [6, 6.07) is 0. The molecule has 1 saturated carbocycles. The van der Waals surface area contributed by atoms with Gasteiger partial charge < -0.3 is 4.74 Å². The maximum atomic E-state index is 12.1. The fraction of sp³-hybridized carbons (Fsp3) is 0.857. The molecule has 0 heterocycles. The highest BCUT2D eigenvalue weighted by molar-refractivity contribution is 6.04. The summed E-state index contributed by atoms with van der Waals surface area (Å²) in [5.74, 6) is -0.167. The van der Waals surface area contributed by atoms with Crippen molar-refractivity contribution in [1.29, 1.82) is 0 Å². The number of Topliss-reactive ketones (excluding diaryl/α,β-unsaturated/α-hetero) is 1. The molecule has 0 N–H and O–H groups in total. The van der Waals surface area contributed by atoms with Gasteiger partial charge in [0, 0.05) is 6.42 Å². The van der Waals surface area contributed by atoms with E-state index in [1.165, 1.54) is 0 Å². The SMILES string of the molecule is CCCCCC1(C(=O)OCC)CCCCC1=O. The number of rotatable bonds is 6. The Morgan fingerprint density at radius 2 is 2.06 bits per heavy atom. The van der Waals surface area contributed by atoms with Crippen LogP contribution in [0.1, 0.15) is 65.2 Å². The zero-order chi connectivity index (χ0) is 12.7. The Morgan fingerprint density at radius 3 is 2.65 bits per heavy atom. The van der Waals surface area contributed by atoms with E-state index in [1.54, 1.807) is 6.92 Å². The third kappa shape index (κ3) is 3.30. The van der Waals surface area contributed by atoms with Crippen LogP contribution in [-0.2, 0) is 14.3 Å². The summed E-state index contributed by atoms with van der Waals surface area (Å²) in [7, 11) is 0. The minimum absolute atomic E-state index is 0.110. The summed E-state index contributed by atoms with van der Waals surface area (Å²) in [4.78, 5) is 24.2. The predicted molar refractivity (Wildman–Crippen MR) is 66.7 cm³/mol. The number of ketones is 1. The molecule has 98 valence electrons. The smallest absolute Gasteiger partial charge is 0.319 e. The van der Waals surface area contributed by atoms with E-state index in [0.29, 0.717) is 25.9 Å². The first-order valence-electron chi connectivity index (χ1n) is 6.88. The molecule has 0 aromatic rings. The predicted octanol–water partition coefficient (Wildman–Crippen LogP) is 3.26. The van der Waals surface area contributed by atoms with Gasteiger partial charge in [0.05, 0.1) is 6.61 Å². The van der Waals surface area contributed by atoms with Crippen molar-refractivity contribution in [3.05, 3.63) is 0 Å². The summed E-state index contributed by atoms with van der Waals surface area (Å²) < 4.78 is 5.13. The van der Waals surface area contributed by atoms with Crippen LogP contribution in [0.2, 0.25) is 0 Å². The van der Waals surface area contributed by atoms with Crippen molar-refractivity contribution in [3.8, 4) is 0 Å². The molecule has 0 radical (unpaired) electrons. The number of ether oxygens (including phenoxy) is 1. The van der Waals surface area contributed by atoms with Crippen LogP contribution in [0.15, 0.2) is 0 Å². The van der Waals surface area contributed by atoms with Gasteiger partial charge in [0.25, 0.3) is 0 Å². The second-order valence-corrected chi connectivity index (χ2v) is 4.89. The Kier molecular flexibility index (Phi) is 5.66. The molecule has 0 aromatic carbocycles. The standard InChI is InChI=1S/C14H24O3/c1-3-5-7-10-14(13(16)17-4-2)11-8-6-9-12(14)15/h3-11H2,1-2H3. The van der Waals surface area contributed by atoms with Crippen LogP contribution in [0.3, 0.4) is 0 Å². The fourth-order valence-electron chi connectivity index (χ4n) is 2.62. The molecule has 1 rings (SSSR count). The van der Waals surface area contributed by atoms with Crippen molar-refractivity contribution < 1.29 is 14.3 Å². The monoisotopic (exact) mass is 240 g/mol. The van der Waals surface area contributed by atoms with Gasteiger partial charge in [0.1, 0.15) is 11.2 Å². The Labute approximate surface area is 104 Å². The lowest BCUT2D eigenvalue weighted by Crippen LogP contribution is -2.43. The highest BCUT2D eigenvalue weighted by Crippen LogP contribution is 2.39. The first kappa shape index (κ1) is 14.2. The Hall–Kier alpha value is -0.860. The molecule has 17 heavy (non-hydrogen) atoms. The normalized spacial score (nSPS) is 24.7. The van der Waals surface area contributed by atoms with Crippen molar-refractivity contribution in [2.24, 2.45) is 5.41 Å². The summed E-state index contributed by atoms with van der Waals surface area (Å²) in [5.41, 5.74) is -0.802. The Morgan fingerprint density at radius 1 is 1.29 bits per heavy atom. The van der Waals surface area contributed by atoms with Crippen LogP contribution in [-0.4, -0.2) is 18.4 Å². The van der Waals surface area contributed by atoms with E-state index in [9.17, 15) is 9.59 Å². The van der Waals surface area contributed by atoms with E-state index in [-0.39, 0.29) is 11.8 Å². The number of carbonyl (C=O) groups excluding carboxylic acids is 2. The topological polar surface area (TPSA) is 43.4 Å². The molecule has 0 bridgehead atoms. The van der Waals surface area contributed by atoms with Crippen molar-refractivity contribution in [3.63, 3.8) is 0 Å². The average Bonchev–Trinajstić information content (AvgIpc) is 2.32. The number of hydrogen-bond acceptors (Lipinski definition) is 3. The first-order chi connectivity index (χ1) is 8.17. The largest absolute Gasteiger partial charge is 0.465 e. The lowest BCUT2D eigenvalue weighted by atomic mass is 9.70. The van der Waals surface area contributed by atoms with Gasteiger partial charge in [0.15, 0.2) is 0 Å². The zero-order valence-corrected chi connectivity index (χ0v) is 11.1. The summed E-state index contributed by atoms with van der Waals surface area (Å²) in [6.07, 6.45) is 6.94. The van der Waals surface area contributed by atoms with E-state index in [1.807, 2.05) is 0 Å². The summed E-state index contributed by atoms with van der Waals surface area (Å²) in [5, 5.41) is 0. The van der Waals surface area contributed by atoms with Gasteiger partial charge in [-0.25, -0.2) is 0 Å². The number of esters is 1. The maximum absolute atomic E-state index is 12.1. The maximum Gasteiger partial charge on any atom is 0.319 e. The Bertz CT molecular complexity index is 273. The van der Waals surface area contributed by atoms with Crippen molar-refractivity contribution in [1.82, 2.24) is 0 Å². The molecular formula is C14H24O3. The average molecular weight is 240 g/mol. The third-order valence-electron chi connectivity index (χ3n) is 3.66. The van der Waals surface area contributed by atoms with Crippen LogP contribution in [0.4, 0.5) is 0 Å². The molecule has 1 unspecified atom stereocenters. The third-order valence-corrected chi connectivity index (χ3v) is 3.66. The van der Waals surface area contributed by atoms with Crippen molar-refractivity contribution in [2.45, 2.75) is 65.2 Å². The van der Waals surface area contributed by atoms with Crippen molar-refractivity contribution in [2.75, 3.05) is 6.61 Å². The van der Waals surface area contributed by atoms with Gasteiger partial charge in [-0.05, 0) is 26.2 Å². The van der Waals surface area contributed by atoms with Crippen LogP contribution in [0.25, 0.3) is 0 Å². The molecule has 1 atom stereocenters. The molecule has 1 aliphatic carbocycles. The second kappa shape index (κ2) is 6.77. The number of hydrogen-bond donors (Lipinski definition) is 0. The van der Waals surface area contributed by atoms with E-state index in [2.05, 4.69) is 6.92 Å². The molecule has 0 spiro atoms. The summed E-state index contributed by atoms with van der Waals surface area (Å²) >= 11 is 0.